The third kappa shape index (κ3) is 4.15. The van der Waals surface area contributed by atoms with Crippen molar-refractivity contribution < 1.29 is 9.90 Å². The number of carbonyl (C=O) groups is 1. The SMILES string of the molecule is CCCN(Cc1cccc2ccccc12)Cc1cc(=O)c(O)c2n1CCN(C(C)C)C2=O. The Kier molecular flexibility index (Phi) is 6.33. The molecule has 0 bridgehead atoms. The van der Waals surface area contributed by atoms with E-state index < -0.39 is 11.2 Å². The van der Waals surface area contributed by atoms with Crippen LogP contribution in [0.5, 0.6) is 5.75 Å². The van der Waals surface area contributed by atoms with Crippen LogP contribution in [0.3, 0.4) is 0 Å². The highest BCUT2D eigenvalue weighted by molar-refractivity contribution is 5.96. The van der Waals surface area contributed by atoms with Crippen LogP contribution < -0.4 is 5.43 Å². The van der Waals surface area contributed by atoms with E-state index in [0.29, 0.717) is 19.6 Å². The molecule has 1 N–H and O–H groups in total. The molecule has 0 radical (unpaired) electrons. The summed E-state index contributed by atoms with van der Waals surface area (Å²) in [6.45, 7) is 9.30. The van der Waals surface area contributed by atoms with Gasteiger partial charge in [-0.2, -0.15) is 0 Å². The average Bonchev–Trinajstić information content (AvgIpc) is 2.77. The van der Waals surface area contributed by atoms with E-state index >= 15 is 0 Å². The topological polar surface area (TPSA) is 65.8 Å². The van der Waals surface area contributed by atoms with Gasteiger partial charge in [-0.1, -0.05) is 49.4 Å². The molecule has 0 spiro atoms. The van der Waals surface area contributed by atoms with Gasteiger partial charge in [0.15, 0.2) is 11.4 Å². The van der Waals surface area contributed by atoms with Crippen LogP contribution in [0.1, 0.15) is 48.9 Å². The van der Waals surface area contributed by atoms with E-state index in [1.807, 2.05) is 24.5 Å². The molecule has 168 valence electrons. The molecule has 3 aromatic rings. The van der Waals surface area contributed by atoms with Gasteiger partial charge in [-0.25, -0.2) is 0 Å². The second-order valence-electron chi connectivity index (χ2n) is 8.79. The molecule has 0 aliphatic carbocycles. The number of carbonyl (C=O) groups excluding carboxylic acids is 1. The zero-order chi connectivity index (χ0) is 22.8. The van der Waals surface area contributed by atoms with Gasteiger partial charge in [0.1, 0.15) is 0 Å². The second kappa shape index (κ2) is 9.17. The molecule has 2 heterocycles. The van der Waals surface area contributed by atoms with E-state index in [4.69, 9.17) is 0 Å². The molecular formula is C26H31N3O3. The van der Waals surface area contributed by atoms with Gasteiger partial charge in [-0.3, -0.25) is 14.5 Å². The van der Waals surface area contributed by atoms with Gasteiger partial charge in [0.25, 0.3) is 5.91 Å². The van der Waals surface area contributed by atoms with Crippen molar-refractivity contribution in [2.45, 2.75) is 52.9 Å². The fraction of sp³-hybridized carbons (Fsp3) is 0.385. The molecule has 32 heavy (non-hydrogen) atoms. The molecule has 1 aromatic heterocycles. The summed E-state index contributed by atoms with van der Waals surface area (Å²) in [7, 11) is 0. The minimum absolute atomic E-state index is 0.0114. The van der Waals surface area contributed by atoms with Crippen LogP contribution in [0, 0.1) is 0 Å². The summed E-state index contributed by atoms with van der Waals surface area (Å²) in [5.41, 5.74) is 1.63. The van der Waals surface area contributed by atoms with Crippen molar-refractivity contribution in [3.63, 3.8) is 0 Å². The first-order valence-corrected chi connectivity index (χ1v) is 11.4. The van der Waals surface area contributed by atoms with E-state index in [1.54, 1.807) is 4.90 Å². The first-order valence-electron chi connectivity index (χ1n) is 11.4. The Hall–Kier alpha value is -3.12. The molecule has 1 aliphatic rings. The van der Waals surface area contributed by atoms with Crippen molar-refractivity contribution in [2.24, 2.45) is 0 Å². The highest BCUT2D eigenvalue weighted by atomic mass is 16.3. The highest BCUT2D eigenvalue weighted by Crippen LogP contribution is 2.25. The van der Waals surface area contributed by atoms with Crippen LogP contribution in [-0.4, -0.2) is 44.5 Å². The zero-order valence-electron chi connectivity index (χ0n) is 19.0. The lowest BCUT2D eigenvalue weighted by Gasteiger charge is -2.35. The van der Waals surface area contributed by atoms with Crippen LogP contribution in [0.2, 0.25) is 0 Å². The molecule has 6 heteroatoms. The third-order valence-corrected chi connectivity index (χ3v) is 6.22. The van der Waals surface area contributed by atoms with E-state index in [0.717, 1.165) is 25.2 Å². The van der Waals surface area contributed by atoms with Gasteiger partial charge in [0.2, 0.25) is 5.43 Å². The Morgan fingerprint density at radius 2 is 1.78 bits per heavy atom. The van der Waals surface area contributed by atoms with Gasteiger partial charge in [-0.15, -0.1) is 0 Å². The van der Waals surface area contributed by atoms with E-state index in [1.165, 1.54) is 22.4 Å². The summed E-state index contributed by atoms with van der Waals surface area (Å²) in [6.07, 6.45) is 0.972. The molecule has 1 aliphatic heterocycles. The van der Waals surface area contributed by atoms with Crippen molar-refractivity contribution in [1.82, 2.24) is 14.4 Å². The van der Waals surface area contributed by atoms with Crippen molar-refractivity contribution in [2.75, 3.05) is 13.1 Å². The van der Waals surface area contributed by atoms with Gasteiger partial charge in [-0.05, 0) is 43.1 Å². The third-order valence-electron chi connectivity index (χ3n) is 6.22. The molecule has 0 atom stereocenters. The first kappa shape index (κ1) is 22.1. The van der Waals surface area contributed by atoms with Gasteiger partial charge < -0.3 is 14.6 Å². The van der Waals surface area contributed by atoms with Crippen LogP contribution in [0.25, 0.3) is 10.8 Å². The maximum Gasteiger partial charge on any atom is 0.274 e. The van der Waals surface area contributed by atoms with Crippen molar-refractivity contribution >= 4 is 16.7 Å². The fourth-order valence-corrected chi connectivity index (χ4v) is 4.66. The Morgan fingerprint density at radius 3 is 2.53 bits per heavy atom. The maximum atomic E-state index is 13.0. The van der Waals surface area contributed by atoms with E-state index in [2.05, 4.69) is 48.2 Å². The summed E-state index contributed by atoms with van der Waals surface area (Å²) in [6, 6.07) is 16.2. The number of rotatable bonds is 7. The van der Waals surface area contributed by atoms with Gasteiger partial charge >= 0.3 is 0 Å². The molecule has 2 aromatic carbocycles. The molecule has 0 fully saturated rings. The highest BCUT2D eigenvalue weighted by Gasteiger charge is 2.31. The maximum absolute atomic E-state index is 13.0. The largest absolute Gasteiger partial charge is 0.503 e. The fourth-order valence-electron chi connectivity index (χ4n) is 4.66. The number of hydrogen-bond acceptors (Lipinski definition) is 4. The summed E-state index contributed by atoms with van der Waals surface area (Å²) in [5, 5.41) is 12.9. The minimum Gasteiger partial charge on any atom is -0.503 e. The zero-order valence-corrected chi connectivity index (χ0v) is 19.0. The number of amides is 1. The van der Waals surface area contributed by atoms with Crippen LogP contribution in [0.4, 0.5) is 0 Å². The Morgan fingerprint density at radius 1 is 1.03 bits per heavy atom. The molecule has 1 amide bonds. The van der Waals surface area contributed by atoms with Crippen LogP contribution >= 0.6 is 0 Å². The number of fused-ring (bicyclic) bond motifs is 2. The molecule has 4 rings (SSSR count). The predicted octanol–water partition coefficient (Wildman–Crippen LogP) is 3.98. The van der Waals surface area contributed by atoms with Crippen molar-refractivity contribution in [1.29, 1.82) is 0 Å². The quantitative estimate of drug-likeness (QED) is 0.612. The lowest BCUT2D eigenvalue weighted by molar-refractivity contribution is 0.0637. The van der Waals surface area contributed by atoms with Crippen LogP contribution in [-0.2, 0) is 19.6 Å². The van der Waals surface area contributed by atoms with Crippen LogP contribution in [0.15, 0.2) is 53.3 Å². The van der Waals surface area contributed by atoms with E-state index in [-0.39, 0.29) is 17.6 Å². The summed E-state index contributed by atoms with van der Waals surface area (Å²) < 4.78 is 1.84. The monoisotopic (exact) mass is 433 g/mol. The number of nitrogens with zero attached hydrogens (tertiary/aromatic N) is 3. The van der Waals surface area contributed by atoms with Crippen molar-refractivity contribution in [3.05, 3.63) is 75.7 Å². The molecular weight excluding hydrogens is 402 g/mol. The Labute approximate surface area is 188 Å². The van der Waals surface area contributed by atoms with Gasteiger partial charge in [0, 0.05) is 44.0 Å². The Bertz CT molecular complexity index is 1190. The number of aromatic nitrogens is 1. The number of hydrogen-bond donors (Lipinski definition) is 1. The standard InChI is InChI=1S/C26H31N3O3/c1-4-12-27(16-20-10-7-9-19-8-5-6-11-22(19)20)17-21-15-23(30)25(31)24-26(32)28(18(2)3)13-14-29(21)24/h5-11,15,18,31H,4,12-14,16-17H2,1-3H3. The normalized spacial score (nSPS) is 13.9. The number of pyridine rings is 1. The summed E-state index contributed by atoms with van der Waals surface area (Å²) >= 11 is 0. The summed E-state index contributed by atoms with van der Waals surface area (Å²) in [4.78, 5) is 29.6. The lowest BCUT2D eigenvalue weighted by Crippen LogP contribution is -2.46. The molecule has 0 unspecified atom stereocenters. The first-order chi connectivity index (χ1) is 15.4. The smallest absolute Gasteiger partial charge is 0.274 e. The average molecular weight is 434 g/mol. The predicted molar refractivity (Wildman–Crippen MR) is 127 cm³/mol. The molecule has 0 saturated carbocycles. The lowest BCUT2D eigenvalue weighted by atomic mass is 10.0. The van der Waals surface area contributed by atoms with Crippen molar-refractivity contribution in [3.8, 4) is 5.75 Å². The van der Waals surface area contributed by atoms with E-state index in [9.17, 15) is 14.7 Å². The molecule has 6 nitrogen and oxygen atoms in total. The van der Waals surface area contributed by atoms with Gasteiger partial charge in [0.05, 0.1) is 0 Å². The molecule has 0 saturated heterocycles. The number of benzene rings is 2. The number of aromatic hydroxyl groups is 1. The second-order valence-corrected chi connectivity index (χ2v) is 8.79. The summed E-state index contributed by atoms with van der Waals surface area (Å²) in [5.74, 6) is -0.723. The Balaban J connectivity index is 1.69. The minimum atomic E-state index is -0.494.